The van der Waals surface area contributed by atoms with Crippen LogP contribution in [0, 0.1) is 12.7 Å². The molecule has 0 aliphatic rings. The third kappa shape index (κ3) is 3.73. The first kappa shape index (κ1) is 17.1. The first-order chi connectivity index (χ1) is 10.8. The molecule has 0 saturated carbocycles. The zero-order valence-corrected chi connectivity index (χ0v) is 13.7. The van der Waals surface area contributed by atoms with Gasteiger partial charge >= 0.3 is 5.97 Å². The number of benzene rings is 1. The fourth-order valence-electron chi connectivity index (χ4n) is 2.15. The van der Waals surface area contributed by atoms with Crippen LogP contribution in [0.1, 0.15) is 32.2 Å². The van der Waals surface area contributed by atoms with Gasteiger partial charge in [0, 0.05) is 17.5 Å². The highest BCUT2D eigenvalue weighted by atomic mass is 32.2. The lowest BCUT2D eigenvalue weighted by atomic mass is 10.2. The van der Waals surface area contributed by atoms with Crippen molar-refractivity contribution in [2.24, 2.45) is 0 Å². The average Bonchev–Trinajstić information content (AvgIpc) is 2.87. The Labute approximate surface area is 137 Å². The molecule has 1 N–H and O–H groups in total. The number of amides is 1. The van der Waals surface area contributed by atoms with Gasteiger partial charge in [0.25, 0.3) is 5.91 Å². The number of nitrogens with zero attached hydrogens (tertiary/aromatic N) is 1. The fraction of sp³-hybridized carbons (Fsp3) is 0.250. The maximum absolute atomic E-state index is 13.5. The summed E-state index contributed by atoms with van der Waals surface area (Å²) in [6.07, 6.45) is 1.73. The van der Waals surface area contributed by atoms with E-state index in [9.17, 15) is 14.0 Å². The highest BCUT2D eigenvalue weighted by molar-refractivity contribution is 7.98. The number of hydrogen-bond donors (Lipinski definition) is 1. The third-order valence-electron chi connectivity index (χ3n) is 3.34. The van der Waals surface area contributed by atoms with Crippen molar-refractivity contribution >= 4 is 23.6 Å². The largest absolute Gasteiger partial charge is 0.478 e. The summed E-state index contributed by atoms with van der Waals surface area (Å²) in [5.74, 6) is -1.08. The Morgan fingerprint density at radius 3 is 2.61 bits per heavy atom. The summed E-state index contributed by atoms with van der Waals surface area (Å²) >= 11 is 1.22. The Balaban J connectivity index is 2.17. The molecule has 5 nitrogen and oxygen atoms in total. The van der Waals surface area contributed by atoms with Crippen LogP contribution in [0.5, 0.6) is 0 Å². The second-order valence-corrected chi connectivity index (χ2v) is 5.85. The molecule has 7 heteroatoms. The second kappa shape index (κ2) is 6.87. The number of carboxylic acid groups (broad SMARTS) is 1. The number of furan rings is 1. The molecule has 1 amide bonds. The maximum Gasteiger partial charge on any atom is 0.339 e. The van der Waals surface area contributed by atoms with E-state index in [-0.39, 0.29) is 23.8 Å². The van der Waals surface area contributed by atoms with Gasteiger partial charge in [-0.25, -0.2) is 9.18 Å². The van der Waals surface area contributed by atoms with Gasteiger partial charge in [0.05, 0.1) is 6.54 Å². The van der Waals surface area contributed by atoms with Crippen molar-refractivity contribution in [2.45, 2.75) is 18.4 Å². The highest BCUT2D eigenvalue weighted by Crippen LogP contribution is 2.22. The molecular weight excluding hydrogens is 321 g/mol. The minimum absolute atomic E-state index is 0.0762. The van der Waals surface area contributed by atoms with E-state index < -0.39 is 5.97 Å². The lowest BCUT2D eigenvalue weighted by Gasteiger charge is -2.16. The molecule has 0 saturated heterocycles. The van der Waals surface area contributed by atoms with Crippen LogP contribution in [0.3, 0.4) is 0 Å². The number of aryl methyl sites for hydroxylation is 1. The summed E-state index contributed by atoms with van der Waals surface area (Å²) in [6, 6.07) is 5.57. The average molecular weight is 337 g/mol. The van der Waals surface area contributed by atoms with Gasteiger partial charge in [-0.1, -0.05) is 0 Å². The highest BCUT2D eigenvalue weighted by Gasteiger charge is 2.18. The van der Waals surface area contributed by atoms with Gasteiger partial charge in [-0.3, -0.25) is 4.79 Å². The van der Waals surface area contributed by atoms with Crippen molar-refractivity contribution in [1.82, 2.24) is 4.90 Å². The van der Waals surface area contributed by atoms with Crippen molar-refractivity contribution < 1.29 is 23.5 Å². The maximum atomic E-state index is 13.5. The number of hydrogen-bond acceptors (Lipinski definition) is 4. The first-order valence-electron chi connectivity index (χ1n) is 6.75. The Morgan fingerprint density at radius 1 is 1.35 bits per heavy atom. The van der Waals surface area contributed by atoms with Crippen molar-refractivity contribution in [1.29, 1.82) is 0 Å². The Morgan fingerprint density at radius 2 is 2.04 bits per heavy atom. The summed E-state index contributed by atoms with van der Waals surface area (Å²) in [6.45, 7) is 1.68. The first-order valence-corrected chi connectivity index (χ1v) is 7.97. The van der Waals surface area contributed by atoms with E-state index in [0.29, 0.717) is 22.0 Å². The van der Waals surface area contributed by atoms with Crippen molar-refractivity contribution in [3.63, 3.8) is 0 Å². The molecular formula is C16H16FNO4S. The van der Waals surface area contributed by atoms with E-state index >= 15 is 0 Å². The number of carboxylic acids is 1. The minimum atomic E-state index is -1.07. The molecule has 0 fully saturated rings. The molecule has 2 rings (SSSR count). The molecule has 0 spiro atoms. The minimum Gasteiger partial charge on any atom is -0.478 e. The van der Waals surface area contributed by atoms with Crippen LogP contribution in [0.15, 0.2) is 33.6 Å². The second-order valence-electron chi connectivity index (χ2n) is 5.00. The van der Waals surface area contributed by atoms with Gasteiger partial charge in [0.1, 0.15) is 22.9 Å². The van der Waals surface area contributed by atoms with Crippen LogP contribution >= 0.6 is 11.8 Å². The van der Waals surface area contributed by atoms with Gasteiger partial charge in [-0.2, -0.15) is 0 Å². The van der Waals surface area contributed by atoms with Gasteiger partial charge in [0.15, 0.2) is 0 Å². The molecule has 0 atom stereocenters. The number of halogens is 1. The molecule has 122 valence electrons. The van der Waals surface area contributed by atoms with E-state index in [1.807, 2.05) is 0 Å². The molecule has 1 heterocycles. The molecule has 1 aromatic carbocycles. The molecule has 1 aromatic heterocycles. The third-order valence-corrected chi connectivity index (χ3v) is 4.09. The lowest BCUT2D eigenvalue weighted by molar-refractivity contribution is 0.0694. The summed E-state index contributed by atoms with van der Waals surface area (Å²) in [5.41, 5.74) is 0.437. The molecule has 23 heavy (non-hydrogen) atoms. The van der Waals surface area contributed by atoms with E-state index in [0.717, 1.165) is 0 Å². The Hall–Kier alpha value is -2.28. The lowest BCUT2D eigenvalue weighted by Crippen LogP contribution is -2.26. The molecule has 2 aromatic rings. The predicted molar refractivity (Wildman–Crippen MR) is 84.4 cm³/mol. The number of carbonyl (C=O) groups is 2. The zero-order chi connectivity index (χ0) is 17.1. The van der Waals surface area contributed by atoms with Crippen LogP contribution in [0.4, 0.5) is 4.39 Å². The summed E-state index contributed by atoms with van der Waals surface area (Å²) in [7, 11) is 1.57. The number of thioether (sulfide) groups is 1. The summed E-state index contributed by atoms with van der Waals surface area (Å²) in [4.78, 5) is 25.2. The monoisotopic (exact) mass is 337 g/mol. The molecule has 0 bridgehead atoms. The zero-order valence-electron chi connectivity index (χ0n) is 12.9. The van der Waals surface area contributed by atoms with Crippen LogP contribution in [0.25, 0.3) is 0 Å². The van der Waals surface area contributed by atoms with E-state index in [1.54, 1.807) is 20.2 Å². The van der Waals surface area contributed by atoms with E-state index in [4.69, 9.17) is 9.52 Å². The standard InChI is InChI=1S/C16H16FNO4S/c1-9-12(16(20)21)7-11(22-9)8-18(2)15(19)10-4-5-13(17)14(6-10)23-3/h4-7H,8H2,1-3H3,(H,20,21). The smallest absolute Gasteiger partial charge is 0.339 e. The van der Waals surface area contributed by atoms with Crippen LogP contribution in [0.2, 0.25) is 0 Å². The molecule has 0 aliphatic carbocycles. The summed E-state index contributed by atoms with van der Waals surface area (Å²) in [5, 5.41) is 9.01. The van der Waals surface area contributed by atoms with Gasteiger partial charge < -0.3 is 14.4 Å². The predicted octanol–water partition coefficient (Wildman–Crippen LogP) is 3.42. The molecule has 0 aliphatic heterocycles. The molecule has 0 unspecified atom stereocenters. The molecule has 0 radical (unpaired) electrons. The van der Waals surface area contributed by atoms with E-state index in [2.05, 4.69) is 0 Å². The topological polar surface area (TPSA) is 70.8 Å². The Kier molecular flexibility index (Phi) is 5.10. The van der Waals surface area contributed by atoms with Gasteiger partial charge in [-0.15, -0.1) is 11.8 Å². The van der Waals surface area contributed by atoms with Crippen LogP contribution in [-0.4, -0.2) is 35.2 Å². The quantitative estimate of drug-likeness (QED) is 0.847. The van der Waals surface area contributed by atoms with Crippen LogP contribution < -0.4 is 0 Å². The van der Waals surface area contributed by atoms with Crippen molar-refractivity contribution in [2.75, 3.05) is 13.3 Å². The van der Waals surface area contributed by atoms with Crippen LogP contribution in [-0.2, 0) is 6.54 Å². The number of rotatable bonds is 5. The Bertz CT molecular complexity index is 757. The number of carbonyl (C=O) groups excluding carboxylic acids is 1. The number of aromatic carboxylic acids is 1. The summed E-state index contributed by atoms with van der Waals surface area (Å²) < 4.78 is 18.8. The van der Waals surface area contributed by atoms with Gasteiger partial charge in [-0.05, 0) is 37.4 Å². The normalized spacial score (nSPS) is 10.6. The SMILES string of the molecule is CSc1cc(C(=O)N(C)Cc2cc(C(=O)O)c(C)o2)ccc1F. The van der Waals surface area contributed by atoms with E-state index in [1.165, 1.54) is 40.9 Å². The van der Waals surface area contributed by atoms with Crippen molar-refractivity contribution in [3.8, 4) is 0 Å². The van der Waals surface area contributed by atoms with Gasteiger partial charge in [0.2, 0.25) is 0 Å². The fourth-order valence-corrected chi connectivity index (χ4v) is 2.66. The van der Waals surface area contributed by atoms with Crippen molar-refractivity contribution in [3.05, 3.63) is 52.7 Å².